The van der Waals surface area contributed by atoms with Crippen molar-refractivity contribution in [3.05, 3.63) is 11.6 Å². The number of rotatable bonds is 10. The zero-order valence-corrected chi connectivity index (χ0v) is 23.7. The molecule has 0 bridgehead atoms. The molecule has 1 N–H and O–H groups in total. The molecule has 7 nitrogen and oxygen atoms in total. The van der Waals surface area contributed by atoms with Crippen LogP contribution in [0.1, 0.15) is 59.3 Å². The average Bonchev–Trinajstić information content (AvgIpc) is 3.55. The molecule has 4 fully saturated rings. The standard InChI is InChI=1S/C15H26O2.C12H21F2N3O.CH4O/c1-11(2)9-10-14-15(3,17-14)12-7-5-6-8-13(12)16-4;13-12(14)9-16-5-3-15(4-6-16)2-1-11-7-17(8-11)10-18;1-2/h9,12-14H,5-8,10H2,1-4H3;10-12H,1-9H2;2H,1H3. The van der Waals surface area contributed by atoms with E-state index in [4.69, 9.17) is 14.6 Å². The minimum atomic E-state index is -2.22. The van der Waals surface area contributed by atoms with Gasteiger partial charge in [-0.2, -0.15) is 0 Å². The van der Waals surface area contributed by atoms with Crippen LogP contribution in [-0.4, -0.2) is 117 Å². The number of nitrogens with zero attached hydrogens (tertiary/aromatic N) is 3. The zero-order chi connectivity index (χ0) is 27.4. The van der Waals surface area contributed by atoms with Crippen molar-refractivity contribution >= 4 is 6.41 Å². The minimum Gasteiger partial charge on any atom is -0.400 e. The van der Waals surface area contributed by atoms with Gasteiger partial charge in [-0.05, 0) is 58.9 Å². The monoisotopic (exact) mass is 531 g/mol. The van der Waals surface area contributed by atoms with Crippen molar-refractivity contribution in [2.24, 2.45) is 11.8 Å². The van der Waals surface area contributed by atoms with Crippen molar-refractivity contribution in [3.63, 3.8) is 0 Å². The molecule has 0 spiro atoms. The van der Waals surface area contributed by atoms with Gasteiger partial charge >= 0.3 is 0 Å². The van der Waals surface area contributed by atoms with E-state index in [2.05, 4.69) is 31.7 Å². The fourth-order valence-electron chi connectivity index (χ4n) is 5.89. The summed E-state index contributed by atoms with van der Waals surface area (Å²) in [5.41, 5.74) is 1.46. The Hall–Kier alpha value is -1.13. The molecule has 0 aromatic rings. The Labute approximate surface area is 223 Å². The van der Waals surface area contributed by atoms with Crippen LogP contribution in [0.3, 0.4) is 0 Å². The lowest BCUT2D eigenvalue weighted by Crippen LogP contribution is -2.50. The maximum absolute atomic E-state index is 12.2. The second-order valence-corrected chi connectivity index (χ2v) is 11.2. The summed E-state index contributed by atoms with van der Waals surface area (Å²) in [7, 11) is 2.85. The first kappa shape index (κ1) is 32.1. The Morgan fingerprint density at radius 3 is 2.30 bits per heavy atom. The van der Waals surface area contributed by atoms with Crippen LogP contribution in [0.25, 0.3) is 0 Å². The van der Waals surface area contributed by atoms with Crippen LogP contribution in [0.2, 0.25) is 0 Å². The Balaban J connectivity index is 0.000000244. The Morgan fingerprint density at radius 2 is 1.73 bits per heavy atom. The number of ether oxygens (including phenoxy) is 2. The Kier molecular flexibility index (Phi) is 13.9. The first-order valence-electron chi connectivity index (χ1n) is 14.0. The number of hydrogen-bond acceptors (Lipinski definition) is 6. The first-order chi connectivity index (χ1) is 17.7. The van der Waals surface area contributed by atoms with E-state index < -0.39 is 6.43 Å². The number of hydrogen-bond donors (Lipinski definition) is 1. The number of aliphatic hydroxyl groups excluding tert-OH is 1. The number of halogens is 2. The molecule has 4 unspecified atom stereocenters. The van der Waals surface area contributed by atoms with Gasteiger partial charge in [0.25, 0.3) is 6.43 Å². The number of epoxide rings is 1. The smallest absolute Gasteiger partial charge is 0.251 e. The molecule has 1 saturated carbocycles. The summed E-state index contributed by atoms with van der Waals surface area (Å²) in [4.78, 5) is 16.4. The lowest BCUT2D eigenvalue weighted by molar-refractivity contribution is -0.123. The number of amides is 1. The van der Waals surface area contributed by atoms with Gasteiger partial charge in [-0.25, -0.2) is 8.78 Å². The third-order valence-electron chi connectivity index (χ3n) is 8.31. The number of alkyl halides is 2. The molecule has 4 rings (SSSR count). The predicted octanol–water partition coefficient (Wildman–Crippen LogP) is 3.66. The second-order valence-electron chi connectivity index (χ2n) is 11.2. The maximum Gasteiger partial charge on any atom is 0.251 e. The molecule has 0 aromatic heterocycles. The molecule has 1 aliphatic carbocycles. The van der Waals surface area contributed by atoms with E-state index in [1.54, 1.807) is 4.90 Å². The first-order valence-corrected chi connectivity index (χ1v) is 14.0. The van der Waals surface area contributed by atoms with Crippen LogP contribution in [0.5, 0.6) is 0 Å². The van der Waals surface area contributed by atoms with Crippen molar-refractivity contribution in [1.29, 1.82) is 0 Å². The molecule has 1 amide bonds. The van der Waals surface area contributed by atoms with Gasteiger partial charge in [-0.15, -0.1) is 0 Å². The predicted molar refractivity (Wildman–Crippen MR) is 143 cm³/mol. The van der Waals surface area contributed by atoms with E-state index in [1.165, 1.54) is 31.3 Å². The van der Waals surface area contributed by atoms with Crippen LogP contribution < -0.4 is 0 Å². The number of methoxy groups -OCH3 is 1. The van der Waals surface area contributed by atoms with Gasteiger partial charge in [0.1, 0.15) is 0 Å². The van der Waals surface area contributed by atoms with E-state index >= 15 is 0 Å². The zero-order valence-electron chi connectivity index (χ0n) is 23.7. The van der Waals surface area contributed by atoms with Crippen molar-refractivity contribution < 1.29 is 28.2 Å². The summed E-state index contributed by atoms with van der Waals surface area (Å²) in [6, 6.07) is 0. The number of carbonyl (C=O) groups is 1. The summed E-state index contributed by atoms with van der Waals surface area (Å²) in [6.07, 6.45) is 9.08. The largest absolute Gasteiger partial charge is 0.400 e. The molecule has 0 aromatic carbocycles. The molecule has 37 heavy (non-hydrogen) atoms. The van der Waals surface area contributed by atoms with Crippen molar-refractivity contribution in [2.45, 2.75) is 83.5 Å². The number of allylic oxidation sites excluding steroid dienone is 1. The molecule has 216 valence electrons. The quantitative estimate of drug-likeness (QED) is 0.264. The molecule has 4 atom stereocenters. The van der Waals surface area contributed by atoms with E-state index in [9.17, 15) is 13.6 Å². The van der Waals surface area contributed by atoms with Crippen LogP contribution in [-0.2, 0) is 14.3 Å². The van der Waals surface area contributed by atoms with Gasteiger partial charge < -0.3 is 24.4 Å². The van der Waals surface area contributed by atoms with Crippen molar-refractivity contribution in [1.82, 2.24) is 14.7 Å². The SMILES string of the molecule is CO.COC1CCCCC1C1(C)OC1CC=C(C)C.O=CN1CC(CCN2CCN(CC(F)F)CC2)C1. The molecule has 0 radical (unpaired) electrons. The summed E-state index contributed by atoms with van der Waals surface area (Å²) in [5.74, 6) is 1.23. The van der Waals surface area contributed by atoms with Crippen molar-refractivity contribution in [2.75, 3.05) is 66.6 Å². The van der Waals surface area contributed by atoms with Gasteiger partial charge in [0.15, 0.2) is 0 Å². The highest BCUT2D eigenvalue weighted by atomic mass is 19.3. The highest BCUT2D eigenvalue weighted by molar-refractivity contribution is 5.48. The summed E-state index contributed by atoms with van der Waals surface area (Å²) in [5, 5.41) is 7.00. The molecule has 3 heterocycles. The van der Waals surface area contributed by atoms with Gasteiger partial charge in [0.2, 0.25) is 6.41 Å². The third kappa shape index (κ3) is 10.2. The molecule has 4 aliphatic rings. The van der Waals surface area contributed by atoms with E-state index in [-0.39, 0.29) is 12.1 Å². The molecular weight excluding hydrogens is 480 g/mol. The highest BCUT2D eigenvalue weighted by Crippen LogP contribution is 2.50. The topological polar surface area (TPSA) is 68.8 Å². The fourth-order valence-corrected chi connectivity index (χ4v) is 5.89. The normalized spacial score (nSPS) is 30.4. The number of piperazine rings is 1. The molecule has 3 aliphatic heterocycles. The van der Waals surface area contributed by atoms with Gasteiger partial charge in [-0.1, -0.05) is 24.5 Å². The number of aliphatic hydroxyl groups is 1. The Bertz CT molecular complexity index is 680. The average molecular weight is 532 g/mol. The fraction of sp³-hybridized carbons (Fsp3) is 0.893. The number of likely N-dealkylation sites (tertiary alicyclic amines) is 1. The van der Waals surface area contributed by atoms with Crippen molar-refractivity contribution in [3.8, 4) is 0 Å². The highest BCUT2D eigenvalue weighted by Gasteiger charge is 2.58. The van der Waals surface area contributed by atoms with Crippen LogP contribution in [0.4, 0.5) is 8.78 Å². The lowest BCUT2D eigenvalue weighted by Gasteiger charge is -2.39. The van der Waals surface area contributed by atoms with Crippen LogP contribution in [0.15, 0.2) is 11.6 Å². The van der Waals surface area contributed by atoms with E-state index in [1.807, 2.05) is 12.0 Å². The van der Waals surface area contributed by atoms with Gasteiger partial charge in [-0.3, -0.25) is 9.69 Å². The van der Waals surface area contributed by atoms with Gasteiger partial charge in [0.05, 0.1) is 24.4 Å². The number of carbonyl (C=O) groups excluding carboxylic acids is 1. The summed E-state index contributed by atoms with van der Waals surface area (Å²) >= 11 is 0. The molecular formula is C28H51F2N3O4. The Morgan fingerprint density at radius 1 is 1.11 bits per heavy atom. The summed E-state index contributed by atoms with van der Waals surface area (Å²) in [6.45, 7) is 12.5. The van der Waals surface area contributed by atoms with Crippen LogP contribution >= 0.6 is 0 Å². The summed E-state index contributed by atoms with van der Waals surface area (Å²) < 4.78 is 36.1. The van der Waals surface area contributed by atoms with E-state index in [0.717, 1.165) is 72.2 Å². The molecule has 9 heteroatoms. The van der Waals surface area contributed by atoms with Gasteiger partial charge in [0, 0.05) is 59.4 Å². The minimum absolute atomic E-state index is 0.0764. The van der Waals surface area contributed by atoms with E-state index in [0.29, 0.717) is 24.0 Å². The van der Waals surface area contributed by atoms with Crippen LogP contribution in [0, 0.1) is 11.8 Å². The lowest BCUT2D eigenvalue weighted by atomic mass is 9.76. The second kappa shape index (κ2) is 16.1. The maximum atomic E-state index is 12.2. The molecule has 3 saturated heterocycles. The third-order valence-corrected chi connectivity index (χ3v) is 8.31.